The van der Waals surface area contributed by atoms with Gasteiger partial charge in [0.2, 0.25) is 0 Å². The first-order chi connectivity index (χ1) is 10.1. The van der Waals surface area contributed by atoms with Crippen molar-refractivity contribution in [3.63, 3.8) is 0 Å². The number of nitrogens with zero attached hydrogens (tertiary/aromatic N) is 1. The first-order valence-electron chi connectivity index (χ1n) is 7.03. The van der Waals surface area contributed by atoms with Gasteiger partial charge in [-0.15, -0.1) is 0 Å². The fraction of sp³-hybridized carbons (Fsp3) is 0.294. The molecule has 0 bridgehead atoms. The number of para-hydroxylation sites is 1. The Balaban J connectivity index is 2.73. The van der Waals surface area contributed by atoms with Crippen LogP contribution in [0.1, 0.15) is 37.2 Å². The van der Waals surface area contributed by atoms with Crippen LogP contribution in [0.5, 0.6) is 5.75 Å². The van der Waals surface area contributed by atoms with Gasteiger partial charge in [0.15, 0.2) is 6.29 Å². The highest BCUT2D eigenvalue weighted by molar-refractivity contribution is 5.76. The summed E-state index contributed by atoms with van der Waals surface area (Å²) in [5, 5.41) is 0. The largest absolute Gasteiger partial charge is 0.493 e. The maximum atomic E-state index is 12.4. The van der Waals surface area contributed by atoms with Gasteiger partial charge in [0.05, 0.1) is 17.9 Å². The van der Waals surface area contributed by atoms with Crippen molar-refractivity contribution in [2.75, 3.05) is 6.61 Å². The molecule has 0 atom stereocenters. The summed E-state index contributed by atoms with van der Waals surface area (Å²) in [4.78, 5) is 23.4. The Morgan fingerprint density at radius 2 is 1.90 bits per heavy atom. The van der Waals surface area contributed by atoms with Crippen LogP contribution in [0, 0.1) is 0 Å². The van der Waals surface area contributed by atoms with E-state index >= 15 is 0 Å². The molecule has 0 spiro atoms. The molecule has 4 nitrogen and oxygen atoms in total. The normalized spacial score (nSPS) is 10.7. The molecule has 0 amide bonds. The highest BCUT2D eigenvalue weighted by atomic mass is 16.5. The number of hydrogen-bond acceptors (Lipinski definition) is 3. The lowest BCUT2D eigenvalue weighted by atomic mass is 10.1. The third kappa shape index (κ3) is 2.89. The van der Waals surface area contributed by atoms with E-state index in [9.17, 15) is 9.59 Å². The van der Waals surface area contributed by atoms with Crippen LogP contribution >= 0.6 is 0 Å². The van der Waals surface area contributed by atoms with Gasteiger partial charge in [-0.25, -0.2) is 0 Å². The zero-order valence-electron chi connectivity index (χ0n) is 12.5. The first kappa shape index (κ1) is 15.0. The average molecular weight is 285 g/mol. The molecule has 0 aliphatic rings. The maximum absolute atomic E-state index is 12.4. The van der Waals surface area contributed by atoms with Gasteiger partial charge in [-0.3, -0.25) is 9.59 Å². The third-order valence-electron chi connectivity index (χ3n) is 3.25. The lowest BCUT2D eigenvalue weighted by molar-refractivity contribution is 0.112. The summed E-state index contributed by atoms with van der Waals surface area (Å²) in [6, 6.07) is 10.9. The van der Waals surface area contributed by atoms with E-state index < -0.39 is 0 Å². The molecule has 2 rings (SSSR count). The Morgan fingerprint density at radius 3 is 2.52 bits per heavy atom. The van der Waals surface area contributed by atoms with Gasteiger partial charge >= 0.3 is 0 Å². The average Bonchev–Trinajstić information content (AvgIpc) is 2.47. The predicted octanol–water partition coefficient (Wildman–Crippen LogP) is 3.31. The topological polar surface area (TPSA) is 48.3 Å². The zero-order valence-corrected chi connectivity index (χ0v) is 12.5. The molecule has 1 heterocycles. The molecule has 0 saturated heterocycles. The van der Waals surface area contributed by atoms with Crippen LogP contribution in [0.2, 0.25) is 0 Å². The summed E-state index contributed by atoms with van der Waals surface area (Å²) < 4.78 is 7.26. The Kier molecular flexibility index (Phi) is 4.58. The van der Waals surface area contributed by atoms with Crippen molar-refractivity contribution in [1.29, 1.82) is 0 Å². The lowest BCUT2D eigenvalue weighted by Crippen LogP contribution is -2.26. The van der Waals surface area contributed by atoms with Crippen molar-refractivity contribution in [3.8, 4) is 17.0 Å². The fourth-order valence-electron chi connectivity index (χ4n) is 2.35. The molecule has 1 aromatic carbocycles. The number of aromatic nitrogens is 1. The smallest absolute Gasteiger partial charge is 0.261 e. The second-order valence-electron chi connectivity index (χ2n) is 4.99. The van der Waals surface area contributed by atoms with E-state index in [1.165, 1.54) is 0 Å². The van der Waals surface area contributed by atoms with Crippen LogP contribution in [-0.2, 0) is 0 Å². The highest BCUT2D eigenvalue weighted by Crippen LogP contribution is 2.30. The van der Waals surface area contributed by atoms with Crippen molar-refractivity contribution >= 4 is 6.29 Å². The van der Waals surface area contributed by atoms with Gasteiger partial charge in [0.1, 0.15) is 5.75 Å². The minimum atomic E-state index is -0.274. The van der Waals surface area contributed by atoms with E-state index in [1.807, 2.05) is 45.0 Å². The summed E-state index contributed by atoms with van der Waals surface area (Å²) in [5.74, 6) is 0.729. The van der Waals surface area contributed by atoms with Crippen LogP contribution in [0.15, 0.2) is 41.2 Å². The zero-order chi connectivity index (χ0) is 15.4. The van der Waals surface area contributed by atoms with Crippen molar-refractivity contribution in [2.45, 2.75) is 26.8 Å². The summed E-state index contributed by atoms with van der Waals surface area (Å²) >= 11 is 0. The number of hydrogen-bond donors (Lipinski definition) is 0. The molecular weight excluding hydrogens is 266 g/mol. The van der Waals surface area contributed by atoms with Gasteiger partial charge in [-0.05, 0) is 45.0 Å². The van der Waals surface area contributed by atoms with E-state index in [0.717, 1.165) is 17.0 Å². The van der Waals surface area contributed by atoms with Gasteiger partial charge < -0.3 is 9.30 Å². The minimum Gasteiger partial charge on any atom is -0.493 e. The highest BCUT2D eigenvalue weighted by Gasteiger charge is 2.15. The summed E-state index contributed by atoms with van der Waals surface area (Å²) in [6.45, 7) is 6.31. The van der Waals surface area contributed by atoms with Crippen molar-refractivity contribution < 1.29 is 9.53 Å². The molecule has 0 aliphatic heterocycles. The molecule has 1 aromatic heterocycles. The Labute approximate surface area is 124 Å². The number of carbonyl (C=O) groups excluding carboxylic acids is 1. The molecule has 0 unspecified atom stereocenters. The third-order valence-corrected chi connectivity index (χ3v) is 3.25. The Bertz CT molecular complexity index is 701. The van der Waals surface area contributed by atoms with Crippen molar-refractivity contribution in [3.05, 3.63) is 52.3 Å². The SMILES string of the molecule is CCOc1ccccc1-c1ccc(C=O)c(=O)n1C(C)C. The second-order valence-corrected chi connectivity index (χ2v) is 4.99. The van der Waals surface area contributed by atoms with E-state index in [1.54, 1.807) is 16.7 Å². The fourth-order valence-corrected chi connectivity index (χ4v) is 2.35. The lowest BCUT2D eigenvalue weighted by Gasteiger charge is -2.19. The Hall–Kier alpha value is -2.36. The van der Waals surface area contributed by atoms with Crippen LogP contribution in [0.3, 0.4) is 0 Å². The van der Waals surface area contributed by atoms with Gasteiger partial charge in [-0.2, -0.15) is 0 Å². The number of rotatable bonds is 5. The molecule has 0 fully saturated rings. The molecule has 21 heavy (non-hydrogen) atoms. The number of pyridine rings is 1. The molecule has 0 aliphatic carbocycles. The first-order valence-corrected chi connectivity index (χ1v) is 7.03. The van der Waals surface area contributed by atoms with Crippen LogP contribution in [0.25, 0.3) is 11.3 Å². The number of carbonyl (C=O) groups is 1. The quantitative estimate of drug-likeness (QED) is 0.792. The molecule has 110 valence electrons. The monoisotopic (exact) mass is 285 g/mol. The van der Waals surface area contributed by atoms with Crippen molar-refractivity contribution in [1.82, 2.24) is 4.57 Å². The van der Waals surface area contributed by atoms with E-state index in [2.05, 4.69) is 0 Å². The maximum Gasteiger partial charge on any atom is 0.261 e. The molecule has 0 saturated carbocycles. The van der Waals surface area contributed by atoms with Gasteiger partial charge in [-0.1, -0.05) is 12.1 Å². The molecule has 4 heteroatoms. The molecule has 2 aromatic rings. The number of aldehydes is 1. The second kappa shape index (κ2) is 6.39. The minimum absolute atomic E-state index is 0.0536. The van der Waals surface area contributed by atoms with Crippen LogP contribution in [-0.4, -0.2) is 17.5 Å². The predicted molar refractivity (Wildman–Crippen MR) is 83.1 cm³/mol. The van der Waals surface area contributed by atoms with Crippen molar-refractivity contribution in [2.24, 2.45) is 0 Å². The number of ether oxygens (including phenoxy) is 1. The van der Waals surface area contributed by atoms with Crippen LogP contribution in [0.4, 0.5) is 0 Å². The standard InChI is InChI=1S/C17H19NO3/c1-4-21-16-8-6-5-7-14(16)15-10-9-13(11-19)17(20)18(15)12(2)3/h5-12H,4H2,1-3H3. The summed E-state index contributed by atoms with van der Waals surface area (Å²) in [7, 11) is 0. The van der Waals surface area contributed by atoms with E-state index in [-0.39, 0.29) is 17.2 Å². The van der Waals surface area contributed by atoms with E-state index in [0.29, 0.717) is 12.9 Å². The molecule has 0 radical (unpaired) electrons. The molecule has 0 N–H and O–H groups in total. The van der Waals surface area contributed by atoms with E-state index in [4.69, 9.17) is 4.74 Å². The van der Waals surface area contributed by atoms with Crippen LogP contribution < -0.4 is 10.3 Å². The van der Waals surface area contributed by atoms with Gasteiger partial charge in [0, 0.05) is 11.6 Å². The van der Waals surface area contributed by atoms with Gasteiger partial charge in [0.25, 0.3) is 5.56 Å². The summed E-state index contributed by atoms with van der Waals surface area (Å²) in [6.07, 6.45) is 0.597. The molecular formula is C17H19NO3. The summed E-state index contributed by atoms with van der Waals surface area (Å²) in [5.41, 5.74) is 1.50. The Morgan fingerprint density at radius 1 is 1.19 bits per heavy atom. The number of benzene rings is 1.